The number of aromatic nitrogens is 1. The van der Waals surface area contributed by atoms with Crippen molar-refractivity contribution in [1.82, 2.24) is 9.29 Å². The summed E-state index contributed by atoms with van der Waals surface area (Å²) in [6.07, 6.45) is 1.17. The lowest BCUT2D eigenvalue weighted by atomic mass is 10.2. The number of sulfonamides is 1. The number of hydrogen-bond acceptors (Lipinski definition) is 3. The lowest BCUT2D eigenvalue weighted by Crippen LogP contribution is -2.34. The Balaban J connectivity index is 3.18. The third-order valence-electron chi connectivity index (χ3n) is 2.39. The van der Waals surface area contributed by atoms with Crippen LogP contribution in [-0.2, 0) is 10.0 Å². The Kier molecular flexibility index (Phi) is 4.95. The summed E-state index contributed by atoms with van der Waals surface area (Å²) in [4.78, 5) is 13.4. The predicted octanol–water partition coefficient (Wildman–Crippen LogP) is 1.69. The number of H-pyrrole nitrogens is 1. The van der Waals surface area contributed by atoms with Gasteiger partial charge in [-0.25, -0.2) is 8.42 Å². The molecule has 0 saturated carbocycles. The predicted molar refractivity (Wildman–Crippen MR) is 71.3 cm³/mol. The van der Waals surface area contributed by atoms with E-state index in [9.17, 15) is 13.2 Å². The van der Waals surface area contributed by atoms with Crippen molar-refractivity contribution in [3.63, 3.8) is 0 Å². The van der Waals surface area contributed by atoms with Crippen LogP contribution in [0.2, 0.25) is 5.02 Å². The van der Waals surface area contributed by atoms with Gasteiger partial charge in [0.25, 0.3) is 5.56 Å². The van der Waals surface area contributed by atoms with Gasteiger partial charge in [-0.3, -0.25) is 4.79 Å². The molecule has 0 aromatic carbocycles. The lowest BCUT2D eigenvalue weighted by Gasteiger charge is -2.22. The molecule has 1 N–H and O–H groups in total. The van der Waals surface area contributed by atoms with Gasteiger partial charge in [-0.15, -0.1) is 0 Å². The first-order valence-corrected chi connectivity index (χ1v) is 7.49. The van der Waals surface area contributed by atoms with Crippen molar-refractivity contribution in [2.24, 2.45) is 5.92 Å². The van der Waals surface area contributed by atoms with Gasteiger partial charge in [-0.1, -0.05) is 32.4 Å². The topological polar surface area (TPSA) is 70.2 Å². The second-order valence-electron chi connectivity index (χ2n) is 4.36. The maximum absolute atomic E-state index is 12.3. The molecule has 7 heteroatoms. The van der Waals surface area contributed by atoms with Crippen molar-refractivity contribution in [2.45, 2.75) is 25.7 Å². The average Bonchev–Trinajstić information content (AvgIpc) is 2.28. The molecule has 0 aliphatic rings. The molecule has 1 aromatic heterocycles. The molecule has 1 rings (SSSR count). The van der Waals surface area contributed by atoms with Crippen molar-refractivity contribution >= 4 is 21.6 Å². The SMILES string of the molecule is CCN(CC(C)C)S(=O)(=O)c1c[nH]c(=O)c(Cl)c1. The fraction of sp³-hybridized carbons (Fsp3) is 0.545. The van der Waals surface area contributed by atoms with E-state index in [0.717, 1.165) is 0 Å². The van der Waals surface area contributed by atoms with Crippen LogP contribution in [0.15, 0.2) is 22.0 Å². The van der Waals surface area contributed by atoms with Crippen molar-refractivity contribution in [1.29, 1.82) is 0 Å². The smallest absolute Gasteiger partial charge is 0.266 e. The van der Waals surface area contributed by atoms with E-state index in [4.69, 9.17) is 11.6 Å². The van der Waals surface area contributed by atoms with Gasteiger partial charge in [0.1, 0.15) is 5.02 Å². The minimum Gasteiger partial charge on any atom is -0.326 e. The summed E-state index contributed by atoms with van der Waals surface area (Å²) in [5.41, 5.74) is -0.498. The Morgan fingerprint density at radius 2 is 2.06 bits per heavy atom. The van der Waals surface area contributed by atoms with E-state index in [2.05, 4.69) is 4.98 Å². The first kappa shape index (κ1) is 15.2. The molecule has 0 spiro atoms. The molecular formula is C11H17ClN2O3S. The van der Waals surface area contributed by atoms with E-state index in [1.807, 2.05) is 13.8 Å². The van der Waals surface area contributed by atoms with Crippen LogP contribution in [0.4, 0.5) is 0 Å². The van der Waals surface area contributed by atoms with Gasteiger partial charge in [0.05, 0.1) is 4.90 Å². The minimum absolute atomic E-state index is 0.00889. The maximum Gasteiger partial charge on any atom is 0.266 e. The summed E-state index contributed by atoms with van der Waals surface area (Å²) < 4.78 is 26.0. The molecule has 0 amide bonds. The molecule has 0 aliphatic carbocycles. The molecule has 0 unspecified atom stereocenters. The Morgan fingerprint density at radius 1 is 1.44 bits per heavy atom. The Bertz CT molecular complexity index is 566. The van der Waals surface area contributed by atoms with E-state index < -0.39 is 15.6 Å². The van der Waals surface area contributed by atoms with Crippen LogP contribution in [-0.4, -0.2) is 30.8 Å². The number of hydrogen-bond donors (Lipinski definition) is 1. The van der Waals surface area contributed by atoms with Crippen molar-refractivity contribution in [2.75, 3.05) is 13.1 Å². The van der Waals surface area contributed by atoms with Gasteiger partial charge in [0.2, 0.25) is 10.0 Å². The second-order valence-corrected chi connectivity index (χ2v) is 6.71. The second kappa shape index (κ2) is 5.86. The summed E-state index contributed by atoms with van der Waals surface area (Å²) in [6.45, 7) is 6.45. The van der Waals surface area contributed by atoms with Crippen LogP contribution in [0, 0.1) is 5.92 Å². The highest BCUT2D eigenvalue weighted by Gasteiger charge is 2.24. The molecule has 1 heterocycles. The number of halogens is 1. The van der Waals surface area contributed by atoms with E-state index >= 15 is 0 Å². The summed E-state index contributed by atoms with van der Waals surface area (Å²) in [7, 11) is -3.61. The van der Waals surface area contributed by atoms with Crippen molar-refractivity contribution in [3.8, 4) is 0 Å². The molecule has 0 radical (unpaired) electrons. The van der Waals surface area contributed by atoms with Crippen LogP contribution in [0.5, 0.6) is 0 Å². The number of aromatic amines is 1. The molecular weight excluding hydrogens is 276 g/mol. The highest BCUT2D eigenvalue weighted by Crippen LogP contribution is 2.17. The summed E-state index contributed by atoms with van der Waals surface area (Å²) in [5.74, 6) is 0.220. The fourth-order valence-electron chi connectivity index (χ4n) is 1.54. The van der Waals surface area contributed by atoms with E-state index in [0.29, 0.717) is 13.1 Å². The van der Waals surface area contributed by atoms with Crippen molar-refractivity contribution in [3.05, 3.63) is 27.6 Å². The Labute approximate surface area is 112 Å². The first-order valence-electron chi connectivity index (χ1n) is 5.67. The molecule has 0 atom stereocenters. The largest absolute Gasteiger partial charge is 0.326 e. The molecule has 0 saturated heterocycles. The Hall–Kier alpha value is -0.850. The van der Waals surface area contributed by atoms with Gasteiger partial charge >= 0.3 is 0 Å². The van der Waals surface area contributed by atoms with Crippen LogP contribution in [0.3, 0.4) is 0 Å². The maximum atomic E-state index is 12.3. The van der Waals surface area contributed by atoms with Crippen LogP contribution < -0.4 is 5.56 Å². The molecule has 5 nitrogen and oxygen atoms in total. The third kappa shape index (κ3) is 3.34. The quantitative estimate of drug-likeness (QED) is 0.898. The standard InChI is InChI=1S/C11H17ClN2O3S/c1-4-14(7-8(2)3)18(16,17)9-5-10(12)11(15)13-6-9/h5-6,8H,4,7H2,1-3H3,(H,13,15). The zero-order valence-electron chi connectivity index (χ0n) is 10.6. The zero-order chi connectivity index (χ0) is 13.9. The summed E-state index contributed by atoms with van der Waals surface area (Å²) in [5, 5.41) is -0.128. The first-order chi connectivity index (χ1) is 8.28. The fourth-order valence-corrected chi connectivity index (χ4v) is 3.38. The van der Waals surface area contributed by atoms with E-state index in [1.165, 1.54) is 16.6 Å². The zero-order valence-corrected chi connectivity index (χ0v) is 12.2. The normalized spacial score (nSPS) is 12.3. The lowest BCUT2D eigenvalue weighted by molar-refractivity contribution is 0.380. The van der Waals surface area contributed by atoms with Crippen LogP contribution in [0.1, 0.15) is 20.8 Å². The van der Waals surface area contributed by atoms with Gasteiger partial charge in [0.15, 0.2) is 0 Å². The average molecular weight is 293 g/mol. The van der Waals surface area contributed by atoms with Crippen LogP contribution >= 0.6 is 11.6 Å². The number of nitrogens with zero attached hydrogens (tertiary/aromatic N) is 1. The molecule has 0 aliphatic heterocycles. The highest BCUT2D eigenvalue weighted by molar-refractivity contribution is 7.89. The van der Waals surface area contributed by atoms with Crippen LogP contribution in [0.25, 0.3) is 0 Å². The van der Waals surface area contributed by atoms with Gasteiger partial charge in [0, 0.05) is 19.3 Å². The molecule has 18 heavy (non-hydrogen) atoms. The Morgan fingerprint density at radius 3 is 2.50 bits per heavy atom. The molecule has 102 valence electrons. The molecule has 1 aromatic rings. The molecule has 0 fully saturated rings. The van der Waals surface area contributed by atoms with E-state index in [1.54, 1.807) is 6.92 Å². The van der Waals surface area contributed by atoms with Gasteiger partial charge in [-0.05, 0) is 12.0 Å². The highest BCUT2D eigenvalue weighted by atomic mass is 35.5. The van der Waals surface area contributed by atoms with E-state index in [-0.39, 0.29) is 15.8 Å². The summed E-state index contributed by atoms with van der Waals surface area (Å²) >= 11 is 5.65. The third-order valence-corrected chi connectivity index (χ3v) is 4.59. The minimum atomic E-state index is -3.61. The number of rotatable bonds is 5. The number of pyridine rings is 1. The number of nitrogens with one attached hydrogen (secondary N) is 1. The molecule has 0 bridgehead atoms. The monoisotopic (exact) mass is 292 g/mol. The van der Waals surface area contributed by atoms with Crippen molar-refractivity contribution < 1.29 is 8.42 Å². The van der Waals surface area contributed by atoms with Gasteiger partial charge < -0.3 is 4.98 Å². The van der Waals surface area contributed by atoms with Gasteiger partial charge in [-0.2, -0.15) is 4.31 Å². The summed E-state index contributed by atoms with van der Waals surface area (Å²) in [6, 6.07) is 1.18.